The first-order valence-electron chi connectivity index (χ1n) is 12.5. The average molecular weight is 465 g/mol. The van der Waals surface area contributed by atoms with E-state index in [0.29, 0.717) is 17.6 Å². The van der Waals surface area contributed by atoms with Crippen molar-refractivity contribution < 1.29 is 60.3 Å². The van der Waals surface area contributed by atoms with Gasteiger partial charge in [-0.25, -0.2) is 0 Å². The molecule has 1 aliphatic heterocycles. The molecule has 1 saturated heterocycles. The Hall–Kier alpha value is -2.52. The maximum absolute atomic E-state index is 12.3. The zero-order valence-electron chi connectivity index (χ0n) is 24.3. The van der Waals surface area contributed by atoms with E-state index in [9.17, 15) is 19.2 Å². The van der Waals surface area contributed by atoms with Gasteiger partial charge in [0.25, 0.3) is 0 Å². The summed E-state index contributed by atoms with van der Waals surface area (Å²) >= 11 is 0. The first-order chi connectivity index (χ1) is 17.3. The molecule has 180 valence electrons. The number of hydrogen-bond acceptors (Lipinski definition) is 10. The lowest BCUT2D eigenvalue weighted by Crippen LogP contribution is -2.62. The summed E-state index contributed by atoms with van der Waals surface area (Å²) in [7, 11) is 3.59. The van der Waals surface area contributed by atoms with Crippen LogP contribution < -0.4 is 0 Å². The van der Waals surface area contributed by atoms with Gasteiger partial charge in [-0.2, -0.15) is 0 Å². The molecular weight excluding hydrogens is 426 g/mol. The third kappa shape index (κ3) is 9.32. The summed E-state index contributed by atoms with van der Waals surface area (Å²) in [6.07, 6.45) is -3.30. The molecule has 0 amide bonds. The molecule has 32 heavy (non-hydrogen) atoms. The summed E-state index contributed by atoms with van der Waals surface area (Å²) in [6.45, 7) is -4.81. The Morgan fingerprint density at radius 2 is 1.50 bits per heavy atom. The van der Waals surface area contributed by atoms with Crippen molar-refractivity contribution in [3.63, 3.8) is 0 Å². The molecule has 5 atom stereocenters. The topological polar surface area (TPSA) is 124 Å². The number of ketones is 1. The van der Waals surface area contributed by atoms with Crippen molar-refractivity contribution in [1.29, 1.82) is 0 Å². The Morgan fingerprint density at radius 1 is 0.938 bits per heavy atom. The highest BCUT2D eigenvalue weighted by molar-refractivity contribution is 5.76. The summed E-state index contributed by atoms with van der Waals surface area (Å²) in [5.74, 6) is -2.41. The van der Waals surface area contributed by atoms with Gasteiger partial charge in [-0.15, -0.1) is 6.42 Å². The van der Waals surface area contributed by atoms with Crippen molar-refractivity contribution in [3.05, 3.63) is 0 Å². The van der Waals surface area contributed by atoms with Gasteiger partial charge in [-0.1, -0.05) is 0 Å². The number of Topliss-reactive ketones (excluding diaryl/α,β-unsaturated/α-hetero) is 1. The number of carbonyl (C=O) groups is 4. The van der Waals surface area contributed by atoms with E-state index in [0.717, 1.165) is 13.8 Å². The lowest BCUT2D eigenvalue weighted by molar-refractivity contribution is -0.883. The normalized spacial score (nSPS) is 28.9. The number of nitrogens with zero attached hydrogens (tertiary/aromatic N) is 1. The van der Waals surface area contributed by atoms with E-state index in [2.05, 4.69) is 5.92 Å². The Kier molecular flexibility index (Phi) is 7.42. The van der Waals surface area contributed by atoms with Crippen LogP contribution in [0.4, 0.5) is 0 Å². The predicted octanol–water partition coefficient (Wildman–Crippen LogP) is -0.204. The zero-order chi connectivity index (χ0) is 29.5. The van der Waals surface area contributed by atoms with Crippen LogP contribution in [0, 0.1) is 12.3 Å². The molecule has 0 unspecified atom stereocenters. The van der Waals surface area contributed by atoms with E-state index in [-0.39, 0.29) is 6.61 Å². The molecule has 11 nitrogen and oxygen atoms in total. The second-order valence-corrected chi connectivity index (χ2v) is 7.52. The van der Waals surface area contributed by atoms with Gasteiger partial charge >= 0.3 is 17.9 Å². The van der Waals surface area contributed by atoms with Gasteiger partial charge in [-0.05, 0) is 12.8 Å². The third-order valence-corrected chi connectivity index (χ3v) is 4.18. The minimum Gasteiger partial charge on any atom is -0.454 e. The fourth-order valence-electron chi connectivity index (χ4n) is 2.84. The summed E-state index contributed by atoms with van der Waals surface area (Å²) in [4.78, 5) is 47.9. The van der Waals surface area contributed by atoms with E-state index >= 15 is 0 Å². The highest BCUT2D eigenvalue weighted by Crippen LogP contribution is 2.30. The number of quaternary nitrogens is 1. The number of hydrogen-bond donors (Lipinski definition) is 0. The van der Waals surface area contributed by atoms with Crippen LogP contribution in [0.5, 0.6) is 0 Å². The molecule has 0 aromatic rings. The van der Waals surface area contributed by atoms with E-state index in [1.54, 1.807) is 14.1 Å². The van der Waals surface area contributed by atoms with Crippen LogP contribution in [0.2, 0.25) is 0 Å². The van der Waals surface area contributed by atoms with E-state index in [4.69, 9.17) is 43.1 Å². The molecule has 0 spiro atoms. The minimum absolute atomic E-state index is 0.104. The van der Waals surface area contributed by atoms with E-state index in [1.165, 1.54) is 0 Å². The molecule has 0 aliphatic carbocycles. The van der Waals surface area contributed by atoms with Crippen LogP contribution in [0.3, 0.4) is 0 Å². The summed E-state index contributed by atoms with van der Waals surface area (Å²) in [5, 5.41) is 0. The van der Waals surface area contributed by atoms with Gasteiger partial charge in [0.1, 0.15) is 19.7 Å². The molecule has 0 aromatic heterocycles. The SMILES string of the molecule is [2H]C([2H])([2H])C(=O)CO[C@H]1O[C@@H](OCC[N+](C)(C)CC#C)[C@H](OC(=O)C([2H])([2H])[2H])[C@@H](OC(C)=O)[C@@H]1OC(C)=O. The van der Waals surface area contributed by atoms with Crippen LogP contribution in [0.25, 0.3) is 0 Å². The Bertz CT molecular complexity index is 914. The number of carbonyl (C=O) groups excluding carboxylic acids is 4. The number of likely N-dealkylation sites (N-methyl/N-ethyl adjacent to an activating group) is 1. The van der Waals surface area contributed by atoms with E-state index < -0.39 is 74.9 Å². The molecule has 0 aromatic carbocycles. The fraction of sp³-hybridized carbons (Fsp3) is 0.714. The smallest absolute Gasteiger partial charge is 0.303 e. The average Bonchev–Trinajstić information content (AvgIpc) is 2.73. The molecule has 0 radical (unpaired) electrons. The maximum atomic E-state index is 12.3. The van der Waals surface area contributed by atoms with Gasteiger partial charge in [0.15, 0.2) is 24.1 Å². The largest absolute Gasteiger partial charge is 0.454 e. The quantitative estimate of drug-likeness (QED) is 0.176. The number of rotatable bonds is 11. The van der Waals surface area contributed by atoms with Gasteiger partial charge in [0.2, 0.25) is 12.6 Å². The second kappa shape index (κ2) is 12.5. The predicted molar refractivity (Wildman–Crippen MR) is 109 cm³/mol. The number of terminal acetylenes is 1. The molecule has 1 aliphatic rings. The van der Waals surface area contributed by atoms with Crippen molar-refractivity contribution in [2.24, 2.45) is 0 Å². The highest BCUT2D eigenvalue weighted by atomic mass is 16.8. The van der Waals surface area contributed by atoms with Crippen LogP contribution >= 0.6 is 0 Å². The number of esters is 3. The number of ether oxygens (including phenoxy) is 6. The first kappa shape index (κ1) is 19.0. The molecule has 11 heteroatoms. The third-order valence-electron chi connectivity index (χ3n) is 4.18. The Morgan fingerprint density at radius 3 is 2.03 bits per heavy atom. The second-order valence-electron chi connectivity index (χ2n) is 7.52. The first-order valence-corrected chi connectivity index (χ1v) is 9.51. The molecule has 0 N–H and O–H groups in total. The monoisotopic (exact) mass is 464 g/mol. The van der Waals surface area contributed by atoms with Crippen LogP contribution in [-0.4, -0.2) is 99.5 Å². The standard InChI is InChI=1S/C21H32NO10/c1-8-9-22(6,7)10-11-27-20-18(30-15(4)25)17(29-14(3)24)19(31-16(5)26)21(32-20)28-12-13(2)23/h1,17-21H,9-12H2,2-7H3/q+1/t17-,18-,19+,20-,21+/m1/s1/i2D3,4D3. The Balaban J connectivity index is 3.42. The molecule has 1 fully saturated rings. The van der Waals surface area contributed by atoms with Crippen LogP contribution in [-0.2, 0) is 47.6 Å². The lowest BCUT2D eigenvalue weighted by atomic mass is 10.0. The summed E-state index contributed by atoms with van der Waals surface area (Å²) in [5.41, 5.74) is 0. The molecule has 0 saturated carbocycles. The molecular formula is C21H32NO10+. The molecule has 1 rings (SSSR count). The van der Waals surface area contributed by atoms with Crippen LogP contribution in [0.1, 0.15) is 35.8 Å². The Labute approximate surface area is 196 Å². The van der Waals surface area contributed by atoms with Gasteiger partial charge in [-0.3, -0.25) is 19.2 Å². The van der Waals surface area contributed by atoms with Crippen molar-refractivity contribution in [1.82, 2.24) is 0 Å². The van der Waals surface area contributed by atoms with Gasteiger partial charge < -0.3 is 32.9 Å². The fourth-order valence-corrected chi connectivity index (χ4v) is 2.84. The maximum Gasteiger partial charge on any atom is 0.303 e. The highest BCUT2D eigenvalue weighted by Gasteiger charge is 2.53. The zero-order valence-corrected chi connectivity index (χ0v) is 18.3. The van der Waals surface area contributed by atoms with Gasteiger partial charge in [0.05, 0.1) is 20.7 Å². The van der Waals surface area contributed by atoms with Gasteiger partial charge in [0, 0.05) is 28.9 Å². The lowest BCUT2D eigenvalue weighted by Gasteiger charge is -2.43. The molecule has 0 bridgehead atoms. The summed E-state index contributed by atoms with van der Waals surface area (Å²) in [6, 6.07) is 0. The summed E-state index contributed by atoms with van der Waals surface area (Å²) < 4.78 is 75.8. The van der Waals surface area contributed by atoms with Crippen molar-refractivity contribution in [3.8, 4) is 12.3 Å². The molecule has 1 heterocycles. The van der Waals surface area contributed by atoms with E-state index in [1.807, 2.05) is 0 Å². The minimum atomic E-state index is -3.23. The van der Waals surface area contributed by atoms with Crippen LogP contribution in [0.15, 0.2) is 0 Å². The van der Waals surface area contributed by atoms with Crippen molar-refractivity contribution in [2.45, 2.75) is 58.4 Å². The van der Waals surface area contributed by atoms with Crippen molar-refractivity contribution >= 4 is 23.7 Å². The van der Waals surface area contributed by atoms with Crippen molar-refractivity contribution in [2.75, 3.05) is 40.4 Å².